The van der Waals surface area contributed by atoms with Crippen LogP contribution in [0.3, 0.4) is 0 Å². The number of nitro groups is 1. The van der Waals surface area contributed by atoms with Gasteiger partial charge in [-0.2, -0.15) is 5.10 Å². The van der Waals surface area contributed by atoms with Gasteiger partial charge in [-0.1, -0.05) is 30.3 Å². The minimum Gasteiger partial charge on any atom is -0.454 e. The highest BCUT2D eigenvalue weighted by molar-refractivity contribution is 6.05. The molecule has 2 N–H and O–H groups in total. The lowest BCUT2D eigenvalue weighted by Crippen LogP contribution is -2.32. The van der Waals surface area contributed by atoms with E-state index >= 15 is 0 Å². The molecule has 4 rings (SSSR count). The zero-order valence-corrected chi connectivity index (χ0v) is 20.0. The van der Waals surface area contributed by atoms with Gasteiger partial charge >= 0.3 is 0 Å². The Hall–Kier alpha value is -5.19. The fraction of sp³-hybridized carbons (Fsp3) is 0.115. The highest BCUT2D eigenvalue weighted by atomic mass is 16.7. The van der Waals surface area contributed by atoms with Gasteiger partial charge in [0.05, 0.1) is 22.8 Å². The topological polar surface area (TPSA) is 135 Å². The van der Waals surface area contributed by atoms with E-state index in [0.717, 1.165) is 11.9 Å². The summed E-state index contributed by atoms with van der Waals surface area (Å²) in [7, 11) is 3.82. The van der Waals surface area contributed by atoms with E-state index in [1.807, 2.05) is 31.1 Å². The maximum absolute atomic E-state index is 13.0. The predicted molar refractivity (Wildman–Crippen MR) is 138 cm³/mol. The Morgan fingerprint density at radius 2 is 1.70 bits per heavy atom. The lowest BCUT2D eigenvalue weighted by atomic mass is 10.1. The van der Waals surface area contributed by atoms with Gasteiger partial charge in [0.25, 0.3) is 17.5 Å². The summed E-state index contributed by atoms with van der Waals surface area (Å²) < 4.78 is 10.4. The second kappa shape index (κ2) is 11.0. The Morgan fingerprint density at radius 1 is 1.03 bits per heavy atom. The highest BCUT2D eigenvalue weighted by Gasteiger charge is 2.22. The summed E-state index contributed by atoms with van der Waals surface area (Å²) in [4.78, 5) is 38.5. The van der Waals surface area contributed by atoms with Gasteiger partial charge in [0.15, 0.2) is 11.5 Å². The number of hydrazone groups is 1. The molecule has 3 aromatic rings. The molecule has 0 aliphatic carbocycles. The summed E-state index contributed by atoms with van der Waals surface area (Å²) in [5.74, 6) is -0.625. The fourth-order valence-corrected chi connectivity index (χ4v) is 3.41. The van der Waals surface area contributed by atoms with E-state index in [4.69, 9.17) is 9.47 Å². The zero-order valence-electron chi connectivity index (χ0n) is 20.0. The summed E-state index contributed by atoms with van der Waals surface area (Å²) in [6, 6.07) is 18.4. The van der Waals surface area contributed by atoms with E-state index in [-0.39, 0.29) is 29.5 Å². The van der Waals surface area contributed by atoms with Gasteiger partial charge in [-0.25, -0.2) is 5.43 Å². The van der Waals surface area contributed by atoms with Crippen molar-refractivity contribution < 1.29 is 24.0 Å². The molecule has 2 amide bonds. The Bertz CT molecular complexity index is 1380. The standard InChI is InChI=1S/C26H23N5O6/c1-30(2)20-10-8-17(9-11-20)12-21(28-25(32)18-6-4-3-5-7-18)26(33)29-27-15-19-13-23-24(37-16-36-23)14-22(19)31(34)35/h3-15H,16H2,1-2H3,(H,28,32)(H,29,33)/b21-12-,27-15+. The number of rotatable bonds is 8. The van der Waals surface area contributed by atoms with Gasteiger partial charge in [-0.05, 0) is 42.0 Å². The molecule has 1 aliphatic rings. The maximum atomic E-state index is 13.0. The zero-order chi connectivity index (χ0) is 26.4. The minimum atomic E-state index is -0.722. The molecular weight excluding hydrogens is 478 g/mol. The van der Waals surface area contributed by atoms with Crippen LogP contribution >= 0.6 is 0 Å². The number of carbonyl (C=O) groups is 2. The van der Waals surface area contributed by atoms with E-state index in [1.165, 1.54) is 18.2 Å². The van der Waals surface area contributed by atoms with Crippen molar-refractivity contribution in [2.75, 3.05) is 25.8 Å². The molecule has 11 nitrogen and oxygen atoms in total. The van der Waals surface area contributed by atoms with E-state index in [0.29, 0.717) is 16.9 Å². The molecule has 0 unspecified atom stereocenters. The molecule has 188 valence electrons. The smallest absolute Gasteiger partial charge is 0.287 e. The number of hydrogen-bond donors (Lipinski definition) is 2. The number of ether oxygens (including phenoxy) is 2. The van der Waals surface area contributed by atoms with Crippen molar-refractivity contribution in [1.29, 1.82) is 0 Å². The highest BCUT2D eigenvalue weighted by Crippen LogP contribution is 2.37. The number of hydrogen-bond acceptors (Lipinski definition) is 8. The van der Waals surface area contributed by atoms with Crippen molar-refractivity contribution >= 4 is 35.5 Å². The SMILES string of the molecule is CN(C)c1ccc(/C=C(\NC(=O)c2ccccc2)C(=O)N/N=C/c2cc3c(cc2[N+](=O)[O-])OCO3)cc1. The Balaban J connectivity index is 1.57. The van der Waals surface area contributed by atoms with Crippen LogP contribution in [-0.4, -0.2) is 43.8 Å². The van der Waals surface area contributed by atoms with Crippen LogP contribution in [0.2, 0.25) is 0 Å². The lowest BCUT2D eigenvalue weighted by Gasteiger charge is -2.12. The second-order valence-corrected chi connectivity index (χ2v) is 8.08. The third-order valence-electron chi connectivity index (χ3n) is 5.34. The summed E-state index contributed by atoms with van der Waals surface area (Å²) in [5, 5.41) is 17.9. The molecule has 11 heteroatoms. The molecule has 1 heterocycles. The maximum Gasteiger partial charge on any atom is 0.287 e. The summed E-state index contributed by atoms with van der Waals surface area (Å²) in [5.41, 5.74) is 4.08. The number of benzene rings is 3. The van der Waals surface area contributed by atoms with E-state index < -0.39 is 16.7 Å². The number of fused-ring (bicyclic) bond motifs is 1. The van der Waals surface area contributed by atoms with Crippen molar-refractivity contribution in [3.8, 4) is 11.5 Å². The van der Waals surface area contributed by atoms with Crippen LogP contribution in [0.15, 0.2) is 77.5 Å². The monoisotopic (exact) mass is 501 g/mol. The number of anilines is 1. The lowest BCUT2D eigenvalue weighted by molar-refractivity contribution is -0.385. The molecule has 37 heavy (non-hydrogen) atoms. The van der Waals surface area contributed by atoms with Crippen LogP contribution in [0, 0.1) is 10.1 Å². The van der Waals surface area contributed by atoms with Crippen LogP contribution in [0.1, 0.15) is 21.5 Å². The summed E-state index contributed by atoms with van der Waals surface area (Å²) in [6.07, 6.45) is 2.63. The average molecular weight is 501 g/mol. The Morgan fingerprint density at radius 3 is 2.35 bits per heavy atom. The normalized spacial score (nSPS) is 12.3. The fourth-order valence-electron chi connectivity index (χ4n) is 3.41. The molecule has 0 spiro atoms. The molecule has 0 saturated carbocycles. The molecule has 3 aromatic carbocycles. The molecule has 0 radical (unpaired) electrons. The van der Waals surface area contributed by atoms with E-state index in [1.54, 1.807) is 42.5 Å². The van der Waals surface area contributed by atoms with Gasteiger partial charge in [-0.15, -0.1) is 0 Å². The van der Waals surface area contributed by atoms with Gasteiger partial charge in [0.1, 0.15) is 5.70 Å². The van der Waals surface area contributed by atoms with Gasteiger partial charge in [0.2, 0.25) is 6.79 Å². The third-order valence-corrected chi connectivity index (χ3v) is 5.34. The van der Waals surface area contributed by atoms with Gasteiger partial charge in [0, 0.05) is 25.3 Å². The van der Waals surface area contributed by atoms with Crippen LogP contribution in [0.5, 0.6) is 11.5 Å². The van der Waals surface area contributed by atoms with Crippen molar-refractivity contribution in [1.82, 2.24) is 10.7 Å². The molecule has 0 aromatic heterocycles. The molecular formula is C26H23N5O6. The molecule has 0 fully saturated rings. The number of nitro benzene ring substituents is 1. The van der Waals surface area contributed by atoms with Crippen LogP contribution in [0.4, 0.5) is 11.4 Å². The second-order valence-electron chi connectivity index (χ2n) is 8.08. The minimum absolute atomic E-state index is 0.0470. The largest absolute Gasteiger partial charge is 0.454 e. The van der Waals surface area contributed by atoms with E-state index in [9.17, 15) is 19.7 Å². The van der Waals surface area contributed by atoms with Crippen LogP contribution in [-0.2, 0) is 4.79 Å². The first kappa shape index (κ1) is 24.9. The van der Waals surface area contributed by atoms with E-state index in [2.05, 4.69) is 15.8 Å². The summed E-state index contributed by atoms with van der Waals surface area (Å²) in [6.45, 7) is -0.0470. The summed E-state index contributed by atoms with van der Waals surface area (Å²) >= 11 is 0. The number of nitrogens with one attached hydrogen (secondary N) is 2. The first-order chi connectivity index (χ1) is 17.8. The Labute approximate surface area is 212 Å². The number of amides is 2. The van der Waals surface area contributed by atoms with Crippen molar-refractivity contribution in [2.45, 2.75) is 0 Å². The predicted octanol–water partition coefficient (Wildman–Crippen LogP) is 3.31. The number of carbonyl (C=O) groups excluding carboxylic acids is 2. The molecule has 0 saturated heterocycles. The van der Waals surface area contributed by atoms with Crippen LogP contribution in [0.25, 0.3) is 6.08 Å². The van der Waals surface area contributed by atoms with Crippen molar-refractivity contribution in [3.05, 3.63) is 99.2 Å². The molecule has 1 aliphatic heterocycles. The average Bonchev–Trinajstić information content (AvgIpc) is 3.36. The van der Waals surface area contributed by atoms with Crippen molar-refractivity contribution in [2.24, 2.45) is 5.10 Å². The number of nitrogens with zero attached hydrogens (tertiary/aromatic N) is 3. The van der Waals surface area contributed by atoms with Gasteiger partial charge in [-0.3, -0.25) is 19.7 Å². The third kappa shape index (κ3) is 6.09. The van der Waals surface area contributed by atoms with Crippen molar-refractivity contribution in [3.63, 3.8) is 0 Å². The first-order valence-electron chi connectivity index (χ1n) is 11.1. The van der Waals surface area contributed by atoms with Gasteiger partial charge < -0.3 is 19.7 Å². The first-order valence-corrected chi connectivity index (χ1v) is 11.1. The molecule has 0 atom stereocenters. The Kier molecular flexibility index (Phi) is 7.43. The quantitative estimate of drug-likeness (QED) is 0.209. The van der Waals surface area contributed by atoms with Crippen LogP contribution < -0.4 is 25.1 Å². The molecule has 0 bridgehead atoms.